The summed E-state index contributed by atoms with van der Waals surface area (Å²) >= 11 is 0. The van der Waals surface area contributed by atoms with Gasteiger partial charge in [-0.1, -0.05) is 12.1 Å². The molecule has 112 valence electrons. The second kappa shape index (κ2) is 4.84. The molecule has 2 aliphatic heterocycles. The molecule has 1 aromatic carbocycles. The van der Waals surface area contributed by atoms with Crippen LogP contribution in [0.4, 0.5) is 0 Å². The Kier molecular flexibility index (Phi) is 3.24. The summed E-state index contributed by atoms with van der Waals surface area (Å²) in [4.78, 5) is 26.2. The fraction of sp³-hybridized carbons (Fsp3) is 0.500. The number of likely N-dealkylation sites (tertiary alicyclic amines) is 1. The first-order valence-corrected chi connectivity index (χ1v) is 7.25. The number of aliphatic hydroxyl groups is 1. The third-order valence-electron chi connectivity index (χ3n) is 4.72. The first kappa shape index (κ1) is 14.1. The van der Waals surface area contributed by atoms with Crippen molar-refractivity contribution in [3.8, 4) is 0 Å². The number of carbonyl (C=O) groups is 2. The number of β-amino-alcohol motifs (C(OH)–C–C–N with tert-alkyl or cyclic N) is 1. The molecule has 5 nitrogen and oxygen atoms in total. The van der Waals surface area contributed by atoms with E-state index >= 15 is 0 Å². The molecule has 1 unspecified atom stereocenters. The van der Waals surface area contributed by atoms with Crippen LogP contribution >= 0.6 is 0 Å². The number of amides is 2. The molecule has 1 atom stereocenters. The molecule has 0 saturated carbocycles. The summed E-state index contributed by atoms with van der Waals surface area (Å²) in [5.74, 6) is -0.0764. The van der Waals surface area contributed by atoms with Gasteiger partial charge in [-0.05, 0) is 37.5 Å². The van der Waals surface area contributed by atoms with E-state index in [1.807, 2.05) is 32.0 Å². The van der Waals surface area contributed by atoms with Crippen LogP contribution in [0.15, 0.2) is 18.2 Å². The van der Waals surface area contributed by atoms with Crippen molar-refractivity contribution in [1.82, 2.24) is 10.2 Å². The van der Waals surface area contributed by atoms with Gasteiger partial charge in [-0.3, -0.25) is 9.59 Å². The number of hydrogen-bond acceptors (Lipinski definition) is 3. The van der Waals surface area contributed by atoms with Crippen molar-refractivity contribution in [3.63, 3.8) is 0 Å². The largest absolute Gasteiger partial charge is 0.391 e. The molecule has 0 aliphatic carbocycles. The van der Waals surface area contributed by atoms with Crippen molar-refractivity contribution in [2.45, 2.75) is 26.4 Å². The van der Waals surface area contributed by atoms with Gasteiger partial charge in [-0.25, -0.2) is 0 Å². The van der Waals surface area contributed by atoms with Crippen molar-refractivity contribution >= 4 is 11.8 Å². The maximum absolute atomic E-state index is 12.5. The van der Waals surface area contributed by atoms with Crippen LogP contribution in [0.2, 0.25) is 0 Å². The topological polar surface area (TPSA) is 69.6 Å². The summed E-state index contributed by atoms with van der Waals surface area (Å²) in [6, 6.07) is 5.68. The molecular formula is C16H20N2O3. The second-order valence-electron chi connectivity index (χ2n) is 6.26. The molecule has 0 radical (unpaired) electrons. The van der Waals surface area contributed by atoms with Gasteiger partial charge in [0.1, 0.15) is 0 Å². The van der Waals surface area contributed by atoms with Crippen LogP contribution in [0.1, 0.15) is 27.9 Å². The third kappa shape index (κ3) is 2.21. The quantitative estimate of drug-likeness (QED) is 0.796. The van der Waals surface area contributed by atoms with E-state index in [9.17, 15) is 14.7 Å². The van der Waals surface area contributed by atoms with E-state index < -0.39 is 11.5 Å². The molecule has 1 aromatic rings. The average Bonchev–Trinajstić information content (AvgIpc) is 2.41. The van der Waals surface area contributed by atoms with E-state index in [4.69, 9.17) is 0 Å². The van der Waals surface area contributed by atoms with E-state index in [2.05, 4.69) is 5.32 Å². The van der Waals surface area contributed by atoms with Gasteiger partial charge in [0.15, 0.2) is 0 Å². The summed E-state index contributed by atoms with van der Waals surface area (Å²) in [6.45, 7) is 5.01. The lowest BCUT2D eigenvalue weighted by molar-refractivity contribution is -0.147. The zero-order valence-electron chi connectivity index (χ0n) is 12.3. The molecule has 1 spiro atoms. The maximum atomic E-state index is 12.5. The van der Waals surface area contributed by atoms with Crippen LogP contribution in [0.25, 0.3) is 0 Å². The molecule has 21 heavy (non-hydrogen) atoms. The predicted molar refractivity (Wildman–Crippen MR) is 77.9 cm³/mol. The van der Waals surface area contributed by atoms with Crippen LogP contribution in [-0.2, 0) is 4.79 Å². The van der Waals surface area contributed by atoms with Gasteiger partial charge in [-0.15, -0.1) is 0 Å². The number of aryl methyl sites for hydroxylation is 1. The number of aliphatic hydroxyl groups excluding tert-OH is 1. The van der Waals surface area contributed by atoms with Crippen molar-refractivity contribution in [1.29, 1.82) is 0 Å². The molecule has 0 bridgehead atoms. The molecule has 5 heteroatoms. The molecule has 2 heterocycles. The highest BCUT2D eigenvalue weighted by molar-refractivity contribution is 5.98. The standard InChI is InChI=1S/C16H20N2O3/c1-10-4-3-5-13(11(10)2)14(20)18-8-16(9-18)6-12(19)7-17-15(16)21/h3-5,12,19H,6-9H2,1-2H3,(H,17,21). The number of nitrogens with one attached hydrogen (secondary N) is 1. The Balaban J connectivity index is 1.75. The Hall–Kier alpha value is -1.88. The van der Waals surface area contributed by atoms with Gasteiger partial charge >= 0.3 is 0 Å². The van der Waals surface area contributed by atoms with Gasteiger partial charge in [0.05, 0.1) is 11.5 Å². The highest BCUT2D eigenvalue weighted by atomic mass is 16.3. The van der Waals surface area contributed by atoms with Gasteiger partial charge < -0.3 is 15.3 Å². The summed E-state index contributed by atoms with van der Waals surface area (Å²) in [7, 11) is 0. The van der Waals surface area contributed by atoms with Crippen LogP contribution in [0.3, 0.4) is 0 Å². The van der Waals surface area contributed by atoms with E-state index in [1.165, 1.54) is 0 Å². The summed E-state index contributed by atoms with van der Waals surface area (Å²) < 4.78 is 0. The highest BCUT2D eigenvalue weighted by Gasteiger charge is 2.53. The lowest BCUT2D eigenvalue weighted by Crippen LogP contribution is -2.68. The Morgan fingerprint density at radius 2 is 2.10 bits per heavy atom. The molecule has 2 aliphatic rings. The molecule has 2 amide bonds. The Morgan fingerprint density at radius 3 is 2.81 bits per heavy atom. The Labute approximate surface area is 123 Å². The van der Waals surface area contributed by atoms with Gasteiger partial charge in [-0.2, -0.15) is 0 Å². The minimum Gasteiger partial charge on any atom is -0.391 e. The van der Waals surface area contributed by atoms with Crippen LogP contribution < -0.4 is 5.32 Å². The van der Waals surface area contributed by atoms with E-state index in [1.54, 1.807) is 4.90 Å². The monoisotopic (exact) mass is 288 g/mol. The summed E-state index contributed by atoms with van der Waals surface area (Å²) in [5.41, 5.74) is 2.17. The lowest BCUT2D eigenvalue weighted by Gasteiger charge is -2.51. The molecule has 2 N–H and O–H groups in total. The SMILES string of the molecule is Cc1cccc(C(=O)N2CC3(CC(O)CNC3=O)C2)c1C. The Bertz CT molecular complexity index is 606. The third-order valence-corrected chi connectivity index (χ3v) is 4.72. The molecule has 0 aromatic heterocycles. The van der Waals surface area contributed by atoms with Crippen LogP contribution in [0.5, 0.6) is 0 Å². The van der Waals surface area contributed by atoms with E-state index in [0.29, 0.717) is 31.6 Å². The smallest absolute Gasteiger partial charge is 0.254 e. The number of carbonyl (C=O) groups excluding carboxylic acids is 2. The number of nitrogens with zero attached hydrogens (tertiary/aromatic N) is 1. The number of piperidine rings is 1. The minimum absolute atomic E-state index is 0.0327. The van der Waals surface area contributed by atoms with E-state index in [0.717, 1.165) is 11.1 Å². The fourth-order valence-corrected chi connectivity index (χ4v) is 3.27. The van der Waals surface area contributed by atoms with Crippen LogP contribution in [0, 0.1) is 19.3 Å². The molecular weight excluding hydrogens is 268 g/mol. The molecule has 2 saturated heterocycles. The number of hydrogen-bond donors (Lipinski definition) is 2. The zero-order valence-corrected chi connectivity index (χ0v) is 12.3. The molecule has 3 rings (SSSR count). The zero-order chi connectivity index (χ0) is 15.2. The normalized spacial score (nSPS) is 23.7. The average molecular weight is 288 g/mol. The first-order valence-electron chi connectivity index (χ1n) is 7.25. The second-order valence-corrected chi connectivity index (χ2v) is 6.26. The maximum Gasteiger partial charge on any atom is 0.254 e. The van der Waals surface area contributed by atoms with Gasteiger partial charge in [0.2, 0.25) is 5.91 Å². The summed E-state index contributed by atoms with van der Waals surface area (Å²) in [6.07, 6.45) is -0.0734. The van der Waals surface area contributed by atoms with Crippen molar-refractivity contribution in [2.24, 2.45) is 5.41 Å². The number of rotatable bonds is 1. The lowest BCUT2D eigenvalue weighted by atomic mass is 9.72. The van der Waals surface area contributed by atoms with Crippen LogP contribution in [-0.4, -0.2) is 47.6 Å². The fourth-order valence-electron chi connectivity index (χ4n) is 3.27. The summed E-state index contributed by atoms with van der Waals surface area (Å²) in [5, 5.41) is 12.4. The van der Waals surface area contributed by atoms with Crippen molar-refractivity contribution in [2.75, 3.05) is 19.6 Å². The van der Waals surface area contributed by atoms with E-state index in [-0.39, 0.29) is 11.8 Å². The van der Waals surface area contributed by atoms with Gasteiger partial charge in [0.25, 0.3) is 5.91 Å². The van der Waals surface area contributed by atoms with Crippen molar-refractivity contribution in [3.05, 3.63) is 34.9 Å². The Morgan fingerprint density at radius 1 is 1.38 bits per heavy atom. The minimum atomic E-state index is -0.592. The molecule has 2 fully saturated rings. The van der Waals surface area contributed by atoms with Gasteiger partial charge in [0, 0.05) is 25.2 Å². The predicted octanol–water partition coefficient (Wildman–Crippen LogP) is 0.626. The number of benzene rings is 1. The first-order chi connectivity index (χ1) is 9.93. The highest BCUT2D eigenvalue weighted by Crippen LogP contribution is 2.38. The van der Waals surface area contributed by atoms with Crippen molar-refractivity contribution < 1.29 is 14.7 Å².